The maximum Gasteiger partial charge on any atom is 0.285 e. The molecule has 140 heavy (non-hydrogen) atoms. The van der Waals surface area contributed by atoms with Crippen molar-refractivity contribution in [1.82, 2.24) is 89.9 Å². The van der Waals surface area contributed by atoms with Gasteiger partial charge in [0.05, 0.1) is 35.5 Å². The van der Waals surface area contributed by atoms with Crippen LogP contribution in [0, 0.1) is 0 Å². The van der Waals surface area contributed by atoms with Crippen LogP contribution in [0.1, 0.15) is 211 Å². The van der Waals surface area contributed by atoms with Gasteiger partial charge >= 0.3 is 0 Å². The molecular weight excluding hydrogens is 1740 g/mol. The van der Waals surface area contributed by atoms with Crippen molar-refractivity contribution >= 4 is 155 Å². The number of nitrogens with one attached hydrogen (secondary N) is 4. The number of imide groups is 2. The molecule has 6 aliphatic rings. The Labute approximate surface area is 804 Å². The fraction of sp³-hybridized carbons (Fsp3) is 0.241. The molecule has 25 rings (SSSR count). The molecule has 0 unspecified atom stereocenters. The average molecular weight is 1840 g/mol. The molecular formula is C116H98N18O6. The first-order valence-corrected chi connectivity index (χ1v) is 47.8. The maximum absolute atomic E-state index is 15.1. The molecule has 12 heterocycles. The summed E-state index contributed by atoms with van der Waals surface area (Å²) in [6, 6.07) is 65.0. The number of rotatable bonds is 8. The normalized spacial score (nSPS) is 14.0. The molecule has 688 valence electrons. The number of H-pyrrole nitrogens is 4. The van der Waals surface area contributed by atoms with Crippen molar-refractivity contribution in [3.05, 3.63) is 261 Å². The fourth-order valence-corrected chi connectivity index (χ4v) is 20.8. The first-order chi connectivity index (χ1) is 66.7. The van der Waals surface area contributed by atoms with Crippen LogP contribution < -0.4 is 0 Å². The highest BCUT2D eigenvalue weighted by Gasteiger charge is 2.41. The molecule has 6 aromatic heterocycles. The van der Waals surface area contributed by atoms with Crippen molar-refractivity contribution in [3.8, 4) is 91.1 Å². The SMILES string of the molecule is CC(C)(C)c1ccc2c(c1)-c1nc-2nc2[nH]c(nc3nc(nc4[nH]c(n1)c1ccc(CCON5C(=O)c6ccc7c8ccc9c%10c(ccc(c%11ccc(c6c7%11)C5=O)c%108)C(=O)N(OCCc5ccc6c7nc8nc(nc%10[nH]c(nc%11nc(nc([nH]7)c6c5)-c5ccc(C(C)(C)C)cc5-%11)c5ccc(C(C)(C)C)cc%105)-c5ccc(C(C)(C)C)cc5-8)C9=O)cc41)-c1ccc(C(C)(C)C)cc1-3)c1ccc(C(C)(C)C)cc21. The van der Waals surface area contributed by atoms with Crippen LogP contribution in [0.25, 0.3) is 222 Å². The van der Waals surface area contributed by atoms with Crippen molar-refractivity contribution in [2.45, 2.75) is 170 Å². The molecule has 24 heteroatoms. The fourth-order valence-electron chi connectivity index (χ4n) is 20.8. The Balaban J connectivity index is 0.521. The number of hydroxylamine groups is 4. The van der Waals surface area contributed by atoms with E-state index in [1.165, 1.54) is 0 Å². The highest BCUT2D eigenvalue weighted by atomic mass is 16.7. The highest BCUT2D eigenvalue weighted by molar-refractivity contribution is 6.41. The van der Waals surface area contributed by atoms with Gasteiger partial charge in [-0.1, -0.05) is 246 Å². The minimum atomic E-state index is -0.611. The van der Waals surface area contributed by atoms with Crippen molar-refractivity contribution < 1.29 is 28.9 Å². The molecule has 4 amide bonds. The van der Waals surface area contributed by atoms with Gasteiger partial charge in [-0.05, 0) is 195 Å². The Bertz CT molecular complexity index is 8580. The predicted molar refractivity (Wildman–Crippen MR) is 552 cm³/mol. The lowest BCUT2D eigenvalue weighted by atomic mass is 9.82. The van der Waals surface area contributed by atoms with Crippen LogP contribution in [0.4, 0.5) is 0 Å². The van der Waals surface area contributed by atoms with E-state index in [-0.39, 0.29) is 80.8 Å². The van der Waals surface area contributed by atoms with Gasteiger partial charge in [0.1, 0.15) is 45.2 Å². The summed E-state index contributed by atoms with van der Waals surface area (Å²) in [6.45, 7) is 39.4. The van der Waals surface area contributed by atoms with E-state index >= 15 is 19.2 Å². The summed E-state index contributed by atoms with van der Waals surface area (Å²) in [4.78, 5) is 152. The van der Waals surface area contributed by atoms with Gasteiger partial charge in [0.15, 0.2) is 46.6 Å². The van der Waals surface area contributed by atoms with E-state index in [2.05, 4.69) is 254 Å². The predicted octanol–water partition coefficient (Wildman–Crippen LogP) is 25.4. The second kappa shape index (κ2) is 29.8. The molecule has 0 aliphatic carbocycles. The lowest BCUT2D eigenvalue weighted by Crippen LogP contribution is -2.41. The van der Waals surface area contributed by atoms with Crippen molar-refractivity contribution in [1.29, 1.82) is 0 Å². The van der Waals surface area contributed by atoms with Crippen LogP contribution >= 0.6 is 0 Å². The number of hydrogen-bond acceptors (Lipinski definition) is 18. The highest BCUT2D eigenvalue weighted by Crippen LogP contribution is 2.50. The smallest absolute Gasteiger partial charge is 0.285 e. The molecule has 0 radical (unpaired) electrons. The van der Waals surface area contributed by atoms with Gasteiger partial charge in [-0.25, -0.2) is 59.8 Å². The van der Waals surface area contributed by atoms with Gasteiger partial charge in [0, 0.05) is 98.4 Å². The van der Waals surface area contributed by atoms with Crippen LogP contribution in [0.3, 0.4) is 0 Å². The second-order valence-electron chi connectivity index (χ2n) is 44.2. The van der Waals surface area contributed by atoms with Crippen LogP contribution in [-0.4, -0.2) is 127 Å². The third-order valence-corrected chi connectivity index (χ3v) is 28.8. The lowest BCUT2D eigenvalue weighted by molar-refractivity contribution is -0.0943. The first kappa shape index (κ1) is 85.7. The van der Waals surface area contributed by atoms with E-state index in [9.17, 15) is 0 Å². The van der Waals surface area contributed by atoms with Gasteiger partial charge < -0.3 is 19.9 Å². The standard InChI is InChI=1S/C116H98N18O6/c1-111(2,3)57-21-29-69-81(49-57)103-123-93(69)119-99-79-47-55(19-27-67(79)91(117-99)121-101-83-51-59(113(7,8)9)23-31-71(83)95(125-101)129-105-85-53-61(115(13,14)15)25-33-73(85)97(127-103)131-105)43-45-139-133-107(135)75-39-35-63-65-37-41-77-90-78(42-38-66(88(65)90)64-36-40-76(108(133)136)89(75)87(63)64)110(138)134(109(77)137)140-46-44-56-20-28-68-80(48-56)100-118-92(68)122-102-84-52-60(114(10,11)12)24-32-72(84)96(126-102)130-106-86-54-62(116(16,17)18)26-34-74(86)98(132-106)128-104-82-50-58(112(4,5)6)22-30-70(82)94(120-100)124-104/h19-42,47-54H,43-46H2,1-18H3,(H2,117,119,121,123,125,127,129,131)(H2,118,120,122,124,126,128,130,132). The number of carbonyl (C=O) groups excluding carboxylic acids is 4. The van der Waals surface area contributed by atoms with Gasteiger partial charge in [0.2, 0.25) is 0 Å². The Morgan fingerprint density at radius 3 is 0.657 bits per heavy atom. The molecule has 0 spiro atoms. The molecule has 19 aromatic rings. The van der Waals surface area contributed by atoms with Gasteiger partial charge in [-0.2, -0.15) is 0 Å². The zero-order valence-corrected chi connectivity index (χ0v) is 81.0. The van der Waals surface area contributed by atoms with E-state index < -0.39 is 23.6 Å². The van der Waals surface area contributed by atoms with E-state index in [4.69, 9.17) is 69.5 Å². The van der Waals surface area contributed by atoms with E-state index in [0.717, 1.165) is 164 Å². The maximum atomic E-state index is 15.1. The Hall–Kier alpha value is -15.9. The summed E-state index contributed by atoms with van der Waals surface area (Å²) in [7, 11) is 0. The molecule has 6 aliphatic heterocycles. The first-order valence-electron chi connectivity index (χ1n) is 47.8. The molecule has 16 bridgehead atoms. The summed E-state index contributed by atoms with van der Waals surface area (Å²) < 4.78 is 0. The number of fused-ring (bicyclic) bond motifs is 42. The number of amides is 4. The Morgan fingerprint density at radius 1 is 0.207 bits per heavy atom. The van der Waals surface area contributed by atoms with E-state index in [1.807, 2.05) is 60.7 Å². The number of hydrogen-bond donors (Lipinski definition) is 4. The van der Waals surface area contributed by atoms with Gasteiger partial charge in [-0.3, -0.25) is 28.9 Å². The molecule has 24 nitrogen and oxygen atoms in total. The molecule has 0 saturated carbocycles. The van der Waals surface area contributed by atoms with Crippen LogP contribution in [0.2, 0.25) is 0 Å². The van der Waals surface area contributed by atoms with Crippen LogP contribution in [0.15, 0.2) is 194 Å². The van der Waals surface area contributed by atoms with Crippen LogP contribution in [-0.2, 0) is 55.0 Å². The molecule has 0 saturated heterocycles. The summed E-state index contributed by atoms with van der Waals surface area (Å²) in [5.41, 5.74) is 19.7. The van der Waals surface area contributed by atoms with Crippen molar-refractivity contribution in [3.63, 3.8) is 0 Å². The molecule has 0 atom stereocenters. The number of carbonyl (C=O) groups is 4. The zero-order chi connectivity index (χ0) is 96.7. The lowest BCUT2D eigenvalue weighted by Gasteiger charge is -2.29. The summed E-state index contributed by atoms with van der Waals surface area (Å²) in [6.07, 6.45) is 0.565. The Kier molecular flexibility index (Phi) is 18.2. The minimum Gasteiger partial charge on any atom is -0.324 e. The molecule has 4 N–H and O–H groups in total. The Morgan fingerprint density at radius 2 is 0.407 bits per heavy atom. The second-order valence-corrected chi connectivity index (χ2v) is 44.2. The van der Waals surface area contributed by atoms with E-state index in [1.54, 1.807) is 24.3 Å². The van der Waals surface area contributed by atoms with Crippen molar-refractivity contribution in [2.75, 3.05) is 13.2 Å². The monoisotopic (exact) mass is 1840 g/mol. The summed E-state index contributed by atoms with van der Waals surface area (Å²) in [5.74, 6) is 1.46. The third kappa shape index (κ3) is 13.5. The zero-order valence-electron chi connectivity index (χ0n) is 81.0. The minimum absolute atomic E-state index is 0.0522. The van der Waals surface area contributed by atoms with Gasteiger partial charge in [-0.15, -0.1) is 10.1 Å². The summed E-state index contributed by atoms with van der Waals surface area (Å²) >= 11 is 0. The van der Waals surface area contributed by atoms with Crippen molar-refractivity contribution in [2.24, 2.45) is 0 Å². The molecule has 0 fully saturated rings. The summed E-state index contributed by atoms with van der Waals surface area (Å²) in [5, 5.41) is 13.7. The third-order valence-electron chi connectivity index (χ3n) is 28.8. The number of nitrogens with zero attached hydrogens (tertiary/aromatic N) is 14. The topological polar surface area (TPSA) is 311 Å². The largest absolute Gasteiger partial charge is 0.324 e. The number of benzene rings is 13. The van der Waals surface area contributed by atoms with E-state index in [0.29, 0.717) is 113 Å². The average Bonchev–Trinajstić information content (AvgIpc) is 0.926. The quantitative estimate of drug-likeness (QED) is 0.0624. The van der Waals surface area contributed by atoms with Crippen LogP contribution in [0.5, 0.6) is 0 Å². The number of aromatic nitrogens is 16. The number of aromatic amines is 4. The molecule has 13 aromatic carbocycles. The van der Waals surface area contributed by atoms with Gasteiger partial charge in [0.25, 0.3) is 23.6 Å².